The lowest BCUT2D eigenvalue weighted by Crippen LogP contribution is -2.63. The highest BCUT2D eigenvalue weighted by Gasteiger charge is 2.47. The number of aromatic nitrogens is 11. The fraction of sp³-hybridized carbons (Fsp3) is 0.544. The van der Waals surface area contributed by atoms with Crippen LogP contribution in [-0.4, -0.2) is 259 Å². The van der Waals surface area contributed by atoms with Gasteiger partial charge in [0.15, 0.2) is 23.3 Å². The van der Waals surface area contributed by atoms with Gasteiger partial charge in [0, 0.05) is 171 Å². The Morgan fingerprint density at radius 1 is 0.399 bits per heavy atom. The highest BCUT2D eigenvalue weighted by atomic mass is 32.1. The van der Waals surface area contributed by atoms with Gasteiger partial charge < -0.3 is 67.9 Å². The quantitative estimate of drug-likeness (QED) is 0.0227. The van der Waals surface area contributed by atoms with Crippen molar-refractivity contribution in [2.75, 3.05) is 119 Å². The van der Waals surface area contributed by atoms with Crippen LogP contribution in [0, 0.1) is 34.6 Å². The molecule has 0 radical (unpaired) electrons. The molecule has 4 aliphatic heterocycles. The summed E-state index contributed by atoms with van der Waals surface area (Å²) in [5.41, 5.74) is 8.05. The second-order valence-electron chi connectivity index (χ2n) is 40.7. The zero-order valence-electron chi connectivity index (χ0n) is 82.5. The van der Waals surface area contributed by atoms with Gasteiger partial charge in [-0.15, -0.1) is 34.0 Å². The zero-order valence-corrected chi connectivity index (χ0v) is 84.9. The summed E-state index contributed by atoms with van der Waals surface area (Å²) in [5.74, 6) is 3.33. The molecule has 738 valence electrons. The maximum absolute atomic E-state index is 12.6. The highest BCUT2D eigenvalue weighted by molar-refractivity contribution is 7.12. The molecule has 0 bridgehead atoms. The first-order chi connectivity index (χ1) is 66.1. The van der Waals surface area contributed by atoms with Crippen LogP contribution in [0.3, 0.4) is 0 Å². The van der Waals surface area contributed by atoms with Crippen LogP contribution in [-0.2, 0) is 76.2 Å². The SMILES string of the molecule is CCc1ncc(C2(O)CCC(N3CC(NC(=O)CNc4nn(C)c5ccc(C)cc45)C3)CC2)s1.Cc1ccc2c(c1)c(NCC(=O)NC1CN(C3CCC(O)(c4cccc(N(C)C)c4)CC3)C1)nn2C.Cc1ccc2c(c1)c(NCC(=O)NC1CN(C3CCC(O)(c4cnc(C(C)C)s4)CC3)C1)nn2C.Cc1ccc2c(c1)c(NCC(=O)NC1CN(C3CCC(O)(c4cnc(C)s4)CC3)C1)nn2C. The van der Waals surface area contributed by atoms with Gasteiger partial charge in [0.25, 0.3) is 0 Å². The number of thiazole rings is 3. The van der Waals surface area contributed by atoms with Gasteiger partial charge in [0.2, 0.25) is 23.6 Å². The van der Waals surface area contributed by atoms with Gasteiger partial charge in [0.1, 0.15) is 16.8 Å². The van der Waals surface area contributed by atoms with Gasteiger partial charge in [-0.1, -0.05) is 79.4 Å². The summed E-state index contributed by atoms with van der Waals surface area (Å²) in [6.45, 7) is 24.4. The summed E-state index contributed by atoms with van der Waals surface area (Å²) in [4.78, 5) is 78.2. The molecule has 0 atom stereocenters. The van der Waals surface area contributed by atoms with E-state index in [1.807, 2.05) is 98.7 Å². The molecule has 0 unspecified atom stereocenters. The topological polar surface area (TPSA) is 372 Å². The normalized spacial score (nSPS) is 23.5. The smallest absolute Gasteiger partial charge is 0.239 e. The number of anilines is 5. The predicted octanol–water partition coefficient (Wildman–Crippen LogP) is 12.1. The minimum absolute atomic E-state index is 0.00829. The predicted molar refractivity (Wildman–Crippen MR) is 550 cm³/mol. The maximum Gasteiger partial charge on any atom is 0.239 e. The van der Waals surface area contributed by atoms with Crippen molar-refractivity contribution >= 4 is 130 Å². The summed E-state index contributed by atoms with van der Waals surface area (Å²) < 4.78 is 7.34. The molecule has 4 saturated carbocycles. The molecule has 5 aromatic carbocycles. The molecule has 4 saturated heterocycles. The Labute approximate surface area is 820 Å². The van der Waals surface area contributed by atoms with Crippen molar-refractivity contribution in [1.82, 2.24) is 94.9 Å². The van der Waals surface area contributed by atoms with Gasteiger partial charge in [-0.2, -0.15) is 20.4 Å². The van der Waals surface area contributed by atoms with Crippen LogP contribution in [0.5, 0.6) is 0 Å². The van der Waals surface area contributed by atoms with E-state index >= 15 is 0 Å². The lowest BCUT2D eigenvalue weighted by molar-refractivity contribution is -0.122. The molecule has 8 aliphatic rings. The van der Waals surface area contributed by atoms with Crippen molar-refractivity contribution in [2.45, 2.75) is 241 Å². The fourth-order valence-electron chi connectivity index (χ4n) is 21.3. The number of amides is 4. The van der Waals surface area contributed by atoms with E-state index in [2.05, 4.69) is 236 Å². The Bertz CT molecular complexity index is 6270. The molecule has 4 aliphatic carbocycles. The largest absolute Gasteiger partial charge is 0.385 e. The molecular weight excluding hydrogens is 1800 g/mol. The molecule has 138 heavy (non-hydrogen) atoms. The number of hydrogen-bond donors (Lipinski definition) is 12. The van der Waals surface area contributed by atoms with Gasteiger partial charge >= 0.3 is 0 Å². The third kappa shape index (κ3) is 22.7. The van der Waals surface area contributed by atoms with E-state index in [1.54, 1.807) is 34.0 Å². The van der Waals surface area contributed by atoms with Crippen molar-refractivity contribution in [3.8, 4) is 0 Å². The second kappa shape index (κ2) is 42.1. The number of carbonyl (C=O) groups excluding carboxylic acids is 4. The van der Waals surface area contributed by atoms with E-state index in [1.165, 1.54) is 22.3 Å². The third-order valence-electron chi connectivity index (χ3n) is 29.8. The number of rotatable bonds is 27. The molecule has 4 amide bonds. The Morgan fingerprint density at radius 3 is 0.978 bits per heavy atom. The molecule has 32 nitrogen and oxygen atoms in total. The number of fused-ring (bicyclic) bond motifs is 4. The molecule has 8 fully saturated rings. The molecular formula is C103H140N24O8S3. The third-order valence-corrected chi connectivity index (χ3v) is 33.7. The van der Waals surface area contributed by atoms with Crippen LogP contribution in [0.2, 0.25) is 0 Å². The van der Waals surface area contributed by atoms with Crippen LogP contribution in [0.25, 0.3) is 43.6 Å². The first-order valence-corrected chi connectivity index (χ1v) is 51.9. The number of hydrogen-bond acceptors (Lipinski definition) is 27. The minimum Gasteiger partial charge on any atom is -0.385 e. The second-order valence-corrected chi connectivity index (χ2v) is 44.1. The first kappa shape index (κ1) is 99.0. The summed E-state index contributed by atoms with van der Waals surface area (Å²) in [7, 11) is 11.7. The van der Waals surface area contributed by atoms with Gasteiger partial charge in [-0.25, -0.2) is 15.0 Å². The van der Waals surface area contributed by atoms with Crippen molar-refractivity contribution in [3.63, 3.8) is 0 Å². The van der Waals surface area contributed by atoms with E-state index in [4.69, 9.17) is 0 Å². The lowest BCUT2D eigenvalue weighted by atomic mass is 9.76. The van der Waals surface area contributed by atoms with Crippen LogP contribution < -0.4 is 47.4 Å². The number of benzene rings is 5. The number of aliphatic hydroxyl groups is 4. The van der Waals surface area contributed by atoms with Crippen molar-refractivity contribution in [3.05, 3.63) is 173 Å². The van der Waals surface area contributed by atoms with Crippen molar-refractivity contribution in [1.29, 1.82) is 0 Å². The number of carbonyl (C=O) groups is 4. The van der Waals surface area contributed by atoms with Gasteiger partial charge in [-0.3, -0.25) is 57.5 Å². The first-order valence-electron chi connectivity index (χ1n) is 49.4. The molecule has 0 spiro atoms. The Morgan fingerprint density at radius 2 is 0.696 bits per heavy atom. The van der Waals surface area contributed by atoms with E-state index in [0.29, 0.717) is 30.1 Å². The van der Waals surface area contributed by atoms with Crippen molar-refractivity contribution < 1.29 is 39.6 Å². The molecule has 12 N–H and O–H groups in total. The van der Waals surface area contributed by atoms with E-state index in [-0.39, 0.29) is 74.0 Å². The van der Waals surface area contributed by atoms with Crippen LogP contribution in [0.4, 0.5) is 29.0 Å². The minimum atomic E-state index is -0.749. The van der Waals surface area contributed by atoms with Crippen molar-refractivity contribution in [2.24, 2.45) is 28.2 Å². The highest BCUT2D eigenvalue weighted by Crippen LogP contribution is 2.47. The average Bonchev–Trinajstić information content (AvgIpc) is 1.43. The standard InChI is InChI=1S/C28H38N6O2.C26H36N6O2S.C25H34N6O2S.C24H32N6O2S/c1-19-8-9-25-24(14-19)27(31-33(25)4)29-16-26(35)30-21-17-34(18-21)22-10-12-28(36,13-11-22)20-6-5-7-23(15-20)32(2)3;1-16(2)25-28-12-22(35-25)26(34)9-7-19(8-10-26)32-14-18(15-32)29-23(33)13-27-24-20-11-17(3)5-6-21(20)31(4)30-24;1-4-23-26-12-21(34-23)25(33)9-7-18(8-10-25)31-14-17(15-31)28-22(32)13-27-24-19-11-16(2)5-6-20(19)30(3)29-24;1-15-4-5-20-19(10-15)23(28-29(20)3)26-12-22(31)27-17-13-30(14-17)18-6-8-24(32,9-7-18)21-11-25-16(2)33-21/h5-9,14-15,21-22,36H,10-13,16-18H2,1-4H3,(H,29,31)(H,30,35);5-6,11-12,16,18-19,34H,7-10,13-15H2,1-4H3,(H,27,30)(H,29,33);5-6,11-12,17-18,33H,4,7-10,13-15H2,1-3H3,(H,27,29)(H,28,32);4-5,10-11,17-18,32H,6-9,12-14H2,1-3H3,(H,26,28)(H,27,31). The Kier molecular flexibility index (Phi) is 30.2. The van der Waals surface area contributed by atoms with E-state index in [0.717, 1.165) is 269 Å². The number of nitrogens with zero attached hydrogens (tertiary/aromatic N) is 16. The summed E-state index contributed by atoms with van der Waals surface area (Å²) in [6, 6.07) is 35.8. The monoisotopic (exact) mass is 1940 g/mol. The van der Waals surface area contributed by atoms with Crippen LogP contribution in [0.1, 0.15) is 187 Å². The molecule has 12 aromatic rings. The van der Waals surface area contributed by atoms with E-state index in [9.17, 15) is 39.6 Å². The molecule has 20 rings (SSSR count). The van der Waals surface area contributed by atoms with Gasteiger partial charge in [-0.05, 0) is 210 Å². The van der Waals surface area contributed by atoms with Crippen LogP contribution >= 0.6 is 34.0 Å². The molecule has 7 aromatic heterocycles. The lowest BCUT2D eigenvalue weighted by Gasteiger charge is -2.48. The number of aryl methyl sites for hydroxylation is 10. The number of likely N-dealkylation sites (tertiary alicyclic amines) is 4. The molecule has 11 heterocycles. The van der Waals surface area contributed by atoms with E-state index < -0.39 is 22.4 Å². The Balaban J connectivity index is 0.000000127. The Hall–Kier alpha value is -10.6. The molecule has 35 heteroatoms. The summed E-state index contributed by atoms with van der Waals surface area (Å²) in [6.07, 6.45) is 20.4. The fourth-order valence-corrected chi connectivity index (χ4v) is 24.3. The van der Waals surface area contributed by atoms with Gasteiger partial charge in [0.05, 0.1) is 108 Å². The average molecular weight is 1940 g/mol. The summed E-state index contributed by atoms with van der Waals surface area (Å²) >= 11 is 4.90. The van der Waals surface area contributed by atoms with Crippen LogP contribution in [0.15, 0.2) is 116 Å². The zero-order chi connectivity index (χ0) is 97.2. The summed E-state index contributed by atoms with van der Waals surface area (Å²) in [5, 5.41) is 95.5. The maximum atomic E-state index is 12.6. The number of nitrogens with one attached hydrogen (secondary N) is 8.